The van der Waals surface area contributed by atoms with Gasteiger partial charge in [-0.15, -0.1) is 0 Å². The lowest BCUT2D eigenvalue weighted by Gasteiger charge is -2.11. The molecule has 0 spiro atoms. The Morgan fingerprint density at radius 2 is 1.95 bits per heavy atom. The minimum absolute atomic E-state index is 0.105. The molecular formula is C13H12F2N2O2. The average Bonchev–Trinajstić information content (AvgIpc) is 2.75. The van der Waals surface area contributed by atoms with Gasteiger partial charge in [-0.3, -0.25) is 4.79 Å². The highest BCUT2D eigenvalue weighted by Crippen LogP contribution is 2.27. The maximum Gasteiger partial charge on any atom is 0.270 e. The van der Waals surface area contributed by atoms with Crippen LogP contribution in [0.15, 0.2) is 35.0 Å². The number of amides is 1. The number of rotatable bonds is 3. The van der Waals surface area contributed by atoms with E-state index in [0.717, 1.165) is 6.92 Å². The summed E-state index contributed by atoms with van der Waals surface area (Å²) < 4.78 is 30.8. The predicted molar refractivity (Wildman–Crippen MR) is 65.2 cm³/mol. The molecule has 4 nitrogen and oxygen atoms in total. The molecule has 0 bridgehead atoms. The summed E-state index contributed by atoms with van der Waals surface area (Å²) in [5.74, 6) is -2.89. The maximum atomic E-state index is 13.0. The van der Waals surface area contributed by atoms with Crippen LogP contribution in [-0.4, -0.2) is 11.1 Å². The second-order valence-corrected chi connectivity index (χ2v) is 4.22. The van der Waals surface area contributed by atoms with Crippen molar-refractivity contribution in [1.29, 1.82) is 0 Å². The highest BCUT2D eigenvalue weighted by atomic mass is 19.3. The number of halogens is 2. The van der Waals surface area contributed by atoms with Gasteiger partial charge in [-0.25, -0.2) is 8.78 Å². The van der Waals surface area contributed by atoms with Gasteiger partial charge in [0.15, 0.2) is 0 Å². The molecule has 1 aromatic carbocycles. The second kappa shape index (κ2) is 4.79. The lowest BCUT2D eigenvalue weighted by Crippen LogP contribution is -2.12. The van der Waals surface area contributed by atoms with E-state index in [-0.39, 0.29) is 5.56 Å². The molecular weight excluding hydrogens is 254 g/mol. The number of benzene rings is 1. The molecule has 0 saturated carbocycles. The third-order valence-electron chi connectivity index (χ3n) is 2.65. The maximum absolute atomic E-state index is 13.0. The van der Waals surface area contributed by atoms with Crippen molar-refractivity contribution in [2.75, 3.05) is 5.32 Å². The standard InChI is InChI=1S/C13H12F2N2O2/c1-8-11(7-16-19-8)12(18)17-10-5-3-9(4-6-10)13(2,14)15/h3-7H,1-2H3,(H,17,18). The van der Waals surface area contributed by atoms with Crippen LogP contribution >= 0.6 is 0 Å². The smallest absolute Gasteiger partial charge is 0.270 e. The molecule has 0 aliphatic rings. The molecule has 100 valence electrons. The van der Waals surface area contributed by atoms with E-state index in [1.807, 2.05) is 0 Å². The van der Waals surface area contributed by atoms with Crippen LogP contribution in [0.3, 0.4) is 0 Å². The number of anilines is 1. The molecule has 2 aromatic rings. The molecule has 0 radical (unpaired) electrons. The van der Waals surface area contributed by atoms with E-state index in [4.69, 9.17) is 4.52 Å². The van der Waals surface area contributed by atoms with Gasteiger partial charge in [0.1, 0.15) is 11.3 Å². The quantitative estimate of drug-likeness (QED) is 0.926. The Morgan fingerprint density at radius 3 is 2.42 bits per heavy atom. The SMILES string of the molecule is Cc1oncc1C(=O)Nc1ccc(C(C)(F)F)cc1. The molecule has 2 rings (SSSR count). The number of aryl methyl sites for hydroxylation is 1. The molecule has 1 heterocycles. The Balaban J connectivity index is 2.12. The molecule has 0 saturated heterocycles. The van der Waals surface area contributed by atoms with Gasteiger partial charge in [0.25, 0.3) is 11.8 Å². The van der Waals surface area contributed by atoms with Crippen LogP contribution < -0.4 is 5.32 Å². The number of hydrogen-bond donors (Lipinski definition) is 1. The fraction of sp³-hybridized carbons (Fsp3) is 0.231. The minimum Gasteiger partial charge on any atom is -0.361 e. The van der Waals surface area contributed by atoms with Gasteiger partial charge in [-0.05, 0) is 19.1 Å². The first-order chi connectivity index (χ1) is 8.88. The highest BCUT2D eigenvalue weighted by molar-refractivity contribution is 6.04. The lowest BCUT2D eigenvalue weighted by molar-refractivity contribution is 0.0175. The molecule has 1 amide bonds. The summed E-state index contributed by atoms with van der Waals surface area (Å²) in [5, 5.41) is 6.08. The van der Waals surface area contributed by atoms with Gasteiger partial charge in [-0.2, -0.15) is 0 Å². The van der Waals surface area contributed by atoms with Crippen LogP contribution in [0.4, 0.5) is 14.5 Å². The number of nitrogens with one attached hydrogen (secondary N) is 1. The summed E-state index contributed by atoms with van der Waals surface area (Å²) in [6.07, 6.45) is 1.30. The first-order valence-electron chi connectivity index (χ1n) is 5.59. The zero-order valence-corrected chi connectivity index (χ0v) is 10.4. The Hall–Kier alpha value is -2.24. The largest absolute Gasteiger partial charge is 0.361 e. The van der Waals surface area contributed by atoms with E-state index < -0.39 is 11.8 Å². The number of carbonyl (C=O) groups excluding carboxylic acids is 1. The van der Waals surface area contributed by atoms with Crippen molar-refractivity contribution < 1.29 is 18.1 Å². The Morgan fingerprint density at radius 1 is 1.32 bits per heavy atom. The van der Waals surface area contributed by atoms with Crippen molar-refractivity contribution in [2.45, 2.75) is 19.8 Å². The zero-order valence-electron chi connectivity index (χ0n) is 10.4. The van der Waals surface area contributed by atoms with Gasteiger partial charge in [0, 0.05) is 18.2 Å². The van der Waals surface area contributed by atoms with Crippen molar-refractivity contribution in [3.63, 3.8) is 0 Å². The number of carbonyl (C=O) groups is 1. The molecule has 6 heteroatoms. The summed E-state index contributed by atoms with van der Waals surface area (Å²) in [7, 11) is 0. The average molecular weight is 266 g/mol. The highest BCUT2D eigenvalue weighted by Gasteiger charge is 2.23. The molecule has 19 heavy (non-hydrogen) atoms. The molecule has 0 atom stereocenters. The minimum atomic E-state index is -2.90. The van der Waals surface area contributed by atoms with E-state index in [0.29, 0.717) is 17.0 Å². The van der Waals surface area contributed by atoms with Crippen LogP contribution in [0.25, 0.3) is 0 Å². The Kier molecular flexibility index (Phi) is 3.33. The van der Waals surface area contributed by atoms with Gasteiger partial charge in [-0.1, -0.05) is 17.3 Å². The van der Waals surface area contributed by atoms with Crippen LogP contribution in [0, 0.1) is 6.92 Å². The summed E-state index contributed by atoms with van der Waals surface area (Å²) in [6, 6.07) is 5.40. The molecule has 0 unspecified atom stereocenters. The van der Waals surface area contributed by atoms with Gasteiger partial charge >= 0.3 is 0 Å². The molecule has 1 aromatic heterocycles. The number of hydrogen-bond acceptors (Lipinski definition) is 3. The normalized spacial score (nSPS) is 11.4. The summed E-state index contributed by atoms with van der Waals surface area (Å²) >= 11 is 0. The summed E-state index contributed by atoms with van der Waals surface area (Å²) in [4.78, 5) is 11.8. The van der Waals surface area contributed by atoms with Crippen LogP contribution in [0.5, 0.6) is 0 Å². The summed E-state index contributed by atoms with van der Waals surface area (Å²) in [6.45, 7) is 2.43. The zero-order chi connectivity index (χ0) is 14.0. The monoisotopic (exact) mass is 266 g/mol. The summed E-state index contributed by atoms with van der Waals surface area (Å²) in [5.41, 5.74) is 0.634. The van der Waals surface area contributed by atoms with E-state index in [1.165, 1.54) is 30.5 Å². The van der Waals surface area contributed by atoms with Crippen molar-refractivity contribution in [3.05, 3.63) is 47.3 Å². The predicted octanol–water partition coefficient (Wildman–Crippen LogP) is 3.35. The van der Waals surface area contributed by atoms with E-state index >= 15 is 0 Å². The second-order valence-electron chi connectivity index (χ2n) is 4.22. The van der Waals surface area contributed by atoms with Crippen LogP contribution in [0.1, 0.15) is 28.6 Å². The van der Waals surface area contributed by atoms with Gasteiger partial charge in [0.05, 0.1) is 6.20 Å². The molecule has 0 aliphatic heterocycles. The lowest BCUT2D eigenvalue weighted by atomic mass is 10.1. The Bertz CT molecular complexity index is 585. The fourth-order valence-electron chi connectivity index (χ4n) is 1.56. The number of aromatic nitrogens is 1. The number of alkyl halides is 2. The first-order valence-corrected chi connectivity index (χ1v) is 5.59. The topological polar surface area (TPSA) is 55.1 Å². The third kappa shape index (κ3) is 2.96. The molecule has 0 fully saturated rings. The van der Waals surface area contributed by atoms with E-state index in [1.54, 1.807) is 6.92 Å². The van der Waals surface area contributed by atoms with Crippen LogP contribution in [0.2, 0.25) is 0 Å². The fourth-order valence-corrected chi connectivity index (χ4v) is 1.56. The number of nitrogens with zero attached hydrogens (tertiary/aromatic N) is 1. The Labute approximate surface area is 108 Å². The van der Waals surface area contributed by atoms with Gasteiger partial charge < -0.3 is 9.84 Å². The van der Waals surface area contributed by atoms with Crippen molar-refractivity contribution in [2.24, 2.45) is 0 Å². The van der Waals surface area contributed by atoms with Gasteiger partial charge in [0.2, 0.25) is 0 Å². The van der Waals surface area contributed by atoms with Crippen LogP contribution in [-0.2, 0) is 5.92 Å². The van der Waals surface area contributed by atoms with Crippen molar-refractivity contribution in [1.82, 2.24) is 5.16 Å². The first kappa shape index (κ1) is 13.2. The molecule has 0 aliphatic carbocycles. The van der Waals surface area contributed by atoms with E-state index in [9.17, 15) is 13.6 Å². The molecule has 1 N–H and O–H groups in total. The van der Waals surface area contributed by atoms with Crippen molar-refractivity contribution in [3.8, 4) is 0 Å². The van der Waals surface area contributed by atoms with E-state index in [2.05, 4.69) is 10.5 Å². The van der Waals surface area contributed by atoms with Crippen molar-refractivity contribution >= 4 is 11.6 Å². The third-order valence-corrected chi connectivity index (χ3v) is 2.65.